The first-order valence-corrected chi connectivity index (χ1v) is 5.60. The molecule has 0 aromatic carbocycles. The van der Waals surface area contributed by atoms with Gasteiger partial charge in [-0.3, -0.25) is 10.1 Å². The Bertz CT molecular complexity index is 528. The molecule has 1 N–H and O–H groups in total. The van der Waals surface area contributed by atoms with Crippen molar-refractivity contribution in [3.63, 3.8) is 0 Å². The third-order valence-corrected chi connectivity index (χ3v) is 2.73. The fourth-order valence-electron chi connectivity index (χ4n) is 1.87. The Morgan fingerprint density at radius 2 is 2.47 bits per heavy atom. The van der Waals surface area contributed by atoms with Crippen LogP contribution in [-0.2, 0) is 4.74 Å². The molecule has 0 aliphatic carbocycles. The molecule has 2 heterocycles. The fraction of sp³-hybridized carbons (Fsp3) is 0.500. The summed E-state index contributed by atoms with van der Waals surface area (Å²) in [5.41, 5.74) is -0.191. The van der Waals surface area contributed by atoms with Gasteiger partial charge in [-0.2, -0.15) is 5.26 Å². The van der Waals surface area contributed by atoms with Crippen LogP contribution >= 0.6 is 0 Å². The van der Waals surface area contributed by atoms with Crippen LogP contribution in [0.3, 0.4) is 0 Å². The van der Waals surface area contributed by atoms with Crippen LogP contribution in [-0.4, -0.2) is 47.7 Å². The Labute approximate surface area is 109 Å². The second kappa shape index (κ2) is 5.45. The monoisotopic (exact) mass is 264 g/mol. The maximum Gasteiger partial charge on any atom is 0.353 e. The van der Waals surface area contributed by atoms with E-state index in [9.17, 15) is 10.1 Å². The van der Waals surface area contributed by atoms with Crippen molar-refractivity contribution in [2.45, 2.75) is 6.10 Å². The van der Waals surface area contributed by atoms with Crippen LogP contribution in [0.4, 0.5) is 17.3 Å². The number of hydrogen-bond acceptors (Lipinski definition) is 8. The smallest absolute Gasteiger partial charge is 0.353 e. The largest absolute Gasteiger partial charge is 0.367 e. The summed E-state index contributed by atoms with van der Waals surface area (Å²) < 4.78 is 5.20. The molecule has 0 radical (unpaired) electrons. The highest BCUT2D eigenvalue weighted by Crippen LogP contribution is 2.32. The molecule has 0 spiro atoms. The van der Waals surface area contributed by atoms with E-state index in [2.05, 4.69) is 15.3 Å². The average Bonchev–Trinajstić information content (AvgIpc) is 2.46. The third-order valence-electron chi connectivity index (χ3n) is 2.73. The molecular formula is C10H12N6O3. The standard InChI is InChI=1S/C10H12N6O3/c1-12-9-8(16(17)18)10(14-6-13-9)15-2-3-19-7(4-11)5-15/h6-7H,2-3,5H2,1H3,(H,12,13,14). The number of rotatable bonds is 3. The topological polar surface area (TPSA) is 117 Å². The average molecular weight is 264 g/mol. The maximum absolute atomic E-state index is 11.2. The highest BCUT2D eigenvalue weighted by Gasteiger charge is 2.30. The van der Waals surface area contributed by atoms with Crippen LogP contribution in [0, 0.1) is 21.4 Å². The third kappa shape index (κ3) is 2.53. The van der Waals surface area contributed by atoms with Crippen LogP contribution in [0.2, 0.25) is 0 Å². The molecule has 0 bridgehead atoms. The number of nitro groups is 1. The number of hydrogen-bond donors (Lipinski definition) is 1. The Morgan fingerprint density at radius 1 is 1.68 bits per heavy atom. The lowest BCUT2D eigenvalue weighted by Gasteiger charge is -2.30. The molecule has 1 aromatic rings. The minimum absolute atomic E-state index is 0.148. The van der Waals surface area contributed by atoms with Crippen molar-refractivity contribution < 1.29 is 9.66 Å². The summed E-state index contributed by atoms with van der Waals surface area (Å²) in [4.78, 5) is 20.1. The van der Waals surface area contributed by atoms with Gasteiger partial charge in [0.05, 0.1) is 24.1 Å². The number of anilines is 2. The summed E-state index contributed by atoms with van der Waals surface area (Å²) in [5, 5.41) is 22.7. The lowest BCUT2D eigenvalue weighted by atomic mass is 10.2. The van der Waals surface area contributed by atoms with E-state index in [1.807, 2.05) is 6.07 Å². The number of nitrogens with zero attached hydrogens (tertiary/aromatic N) is 5. The van der Waals surface area contributed by atoms with Crippen molar-refractivity contribution in [3.05, 3.63) is 16.4 Å². The summed E-state index contributed by atoms with van der Waals surface area (Å²) in [5.74, 6) is 0.350. The molecule has 1 unspecified atom stereocenters. The molecule has 1 aromatic heterocycles. The molecule has 9 heteroatoms. The molecule has 1 aliphatic heterocycles. The molecule has 9 nitrogen and oxygen atoms in total. The van der Waals surface area contributed by atoms with E-state index >= 15 is 0 Å². The highest BCUT2D eigenvalue weighted by atomic mass is 16.6. The van der Waals surface area contributed by atoms with E-state index in [1.54, 1.807) is 11.9 Å². The second-order valence-corrected chi connectivity index (χ2v) is 3.84. The maximum atomic E-state index is 11.2. The predicted molar refractivity (Wildman–Crippen MR) is 65.8 cm³/mol. The molecule has 1 atom stereocenters. The summed E-state index contributed by atoms with van der Waals surface area (Å²) in [6.45, 7) is 1.02. The number of morpholine rings is 1. The van der Waals surface area contributed by atoms with E-state index in [1.165, 1.54) is 6.33 Å². The van der Waals surface area contributed by atoms with Gasteiger partial charge in [0, 0.05) is 13.6 Å². The molecule has 100 valence electrons. The second-order valence-electron chi connectivity index (χ2n) is 3.84. The normalized spacial score (nSPS) is 18.7. The van der Waals surface area contributed by atoms with Crippen molar-refractivity contribution in [1.82, 2.24) is 9.97 Å². The minimum Gasteiger partial charge on any atom is -0.367 e. The molecule has 0 saturated carbocycles. The zero-order chi connectivity index (χ0) is 13.8. The van der Waals surface area contributed by atoms with E-state index in [0.717, 1.165) is 0 Å². The van der Waals surface area contributed by atoms with E-state index < -0.39 is 11.0 Å². The Balaban J connectivity index is 2.39. The van der Waals surface area contributed by atoms with Crippen molar-refractivity contribution in [2.24, 2.45) is 0 Å². The van der Waals surface area contributed by atoms with E-state index in [4.69, 9.17) is 10.00 Å². The van der Waals surface area contributed by atoms with Gasteiger partial charge in [-0.05, 0) is 0 Å². The zero-order valence-corrected chi connectivity index (χ0v) is 10.2. The van der Waals surface area contributed by atoms with Crippen LogP contribution < -0.4 is 10.2 Å². The van der Waals surface area contributed by atoms with Gasteiger partial charge in [-0.15, -0.1) is 0 Å². The fourth-order valence-corrected chi connectivity index (χ4v) is 1.87. The van der Waals surface area contributed by atoms with Crippen LogP contribution in [0.1, 0.15) is 0 Å². The van der Waals surface area contributed by atoms with Crippen molar-refractivity contribution in [1.29, 1.82) is 5.26 Å². The van der Waals surface area contributed by atoms with Crippen molar-refractivity contribution in [3.8, 4) is 6.07 Å². The first kappa shape index (κ1) is 13.0. The minimum atomic E-state index is -0.610. The lowest BCUT2D eigenvalue weighted by Crippen LogP contribution is -2.42. The van der Waals surface area contributed by atoms with Gasteiger partial charge in [0.25, 0.3) is 0 Å². The molecule has 1 saturated heterocycles. The summed E-state index contributed by atoms with van der Waals surface area (Å²) >= 11 is 0. The SMILES string of the molecule is CNc1ncnc(N2CCOC(C#N)C2)c1[N+](=O)[O-]. The number of nitriles is 1. The van der Waals surface area contributed by atoms with E-state index in [-0.39, 0.29) is 23.9 Å². The summed E-state index contributed by atoms with van der Waals surface area (Å²) in [7, 11) is 1.55. The molecule has 1 aliphatic rings. The lowest BCUT2D eigenvalue weighted by molar-refractivity contribution is -0.383. The number of aromatic nitrogens is 2. The van der Waals surface area contributed by atoms with Crippen molar-refractivity contribution >= 4 is 17.3 Å². The van der Waals surface area contributed by atoms with Gasteiger partial charge < -0.3 is 15.0 Å². The van der Waals surface area contributed by atoms with Crippen molar-refractivity contribution in [2.75, 3.05) is 37.0 Å². The van der Waals surface area contributed by atoms with Crippen LogP contribution in [0.5, 0.6) is 0 Å². The quantitative estimate of drug-likeness (QED) is 0.605. The van der Waals surface area contributed by atoms with Gasteiger partial charge in [0.2, 0.25) is 11.6 Å². The Kier molecular flexibility index (Phi) is 3.72. The molecule has 19 heavy (non-hydrogen) atoms. The first-order valence-electron chi connectivity index (χ1n) is 5.60. The van der Waals surface area contributed by atoms with Crippen LogP contribution in [0.15, 0.2) is 6.33 Å². The van der Waals surface area contributed by atoms with Gasteiger partial charge in [0.15, 0.2) is 6.10 Å². The summed E-state index contributed by atoms with van der Waals surface area (Å²) in [6.07, 6.45) is 0.645. The predicted octanol–water partition coefficient (Wildman–Crippen LogP) is 0.155. The highest BCUT2D eigenvalue weighted by molar-refractivity contribution is 5.70. The molecule has 0 amide bonds. The van der Waals surface area contributed by atoms with Gasteiger partial charge >= 0.3 is 5.69 Å². The molecular weight excluding hydrogens is 252 g/mol. The molecule has 2 rings (SSSR count). The Hall–Kier alpha value is -2.47. The first-order chi connectivity index (χ1) is 9.17. The van der Waals surface area contributed by atoms with Crippen LogP contribution in [0.25, 0.3) is 0 Å². The zero-order valence-electron chi connectivity index (χ0n) is 10.2. The number of ether oxygens (including phenoxy) is 1. The summed E-state index contributed by atoms with van der Waals surface area (Å²) in [6, 6.07) is 1.99. The van der Waals surface area contributed by atoms with Gasteiger partial charge in [-0.25, -0.2) is 9.97 Å². The molecule has 1 fully saturated rings. The van der Waals surface area contributed by atoms with E-state index in [0.29, 0.717) is 13.2 Å². The number of nitrogens with one attached hydrogen (secondary N) is 1. The van der Waals surface area contributed by atoms with Gasteiger partial charge in [-0.1, -0.05) is 0 Å². The van der Waals surface area contributed by atoms with Gasteiger partial charge in [0.1, 0.15) is 6.33 Å². The Morgan fingerprint density at radius 3 is 3.11 bits per heavy atom.